The zero-order chi connectivity index (χ0) is 10.7. The summed E-state index contributed by atoms with van der Waals surface area (Å²) in [4.78, 5) is 2.66. The Kier molecular flexibility index (Phi) is 4.35. The van der Waals surface area contributed by atoms with E-state index in [1.165, 1.54) is 44.5 Å². The van der Waals surface area contributed by atoms with Crippen LogP contribution < -0.4 is 5.73 Å². The van der Waals surface area contributed by atoms with Gasteiger partial charge in [-0.3, -0.25) is 4.90 Å². The minimum absolute atomic E-state index is 0.677. The lowest BCUT2D eigenvalue weighted by Crippen LogP contribution is -2.50. The second-order valence-electron chi connectivity index (χ2n) is 5.02. The summed E-state index contributed by atoms with van der Waals surface area (Å²) in [6.45, 7) is 5.72. The van der Waals surface area contributed by atoms with E-state index >= 15 is 0 Å². The molecule has 15 heavy (non-hydrogen) atoms. The average molecular weight is 228 g/mol. The molecule has 0 amide bonds. The highest BCUT2D eigenvalue weighted by atomic mass is 32.2. The topological polar surface area (TPSA) is 29.3 Å². The van der Waals surface area contributed by atoms with Crippen LogP contribution in [0.25, 0.3) is 0 Å². The molecular weight excluding hydrogens is 204 g/mol. The summed E-state index contributed by atoms with van der Waals surface area (Å²) < 4.78 is 0. The molecule has 1 heterocycles. The number of nitrogens with two attached hydrogens (primary N) is 1. The highest BCUT2D eigenvalue weighted by molar-refractivity contribution is 7.99. The van der Waals surface area contributed by atoms with Gasteiger partial charge in [0.15, 0.2) is 0 Å². The fourth-order valence-electron chi connectivity index (χ4n) is 3.13. The van der Waals surface area contributed by atoms with Crippen LogP contribution in [-0.2, 0) is 0 Å². The maximum Gasteiger partial charge on any atom is 0.0247 e. The van der Waals surface area contributed by atoms with Gasteiger partial charge in [0.2, 0.25) is 0 Å². The van der Waals surface area contributed by atoms with Crippen LogP contribution in [-0.4, -0.2) is 41.6 Å². The Morgan fingerprint density at radius 2 is 2.13 bits per heavy atom. The molecule has 2 unspecified atom stereocenters. The highest BCUT2D eigenvalue weighted by Crippen LogP contribution is 2.31. The fourth-order valence-corrected chi connectivity index (χ4v) is 4.17. The Morgan fingerprint density at radius 1 is 1.40 bits per heavy atom. The van der Waals surface area contributed by atoms with E-state index in [1.54, 1.807) is 0 Å². The molecule has 1 aliphatic carbocycles. The second-order valence-corrected chi connectivity index (χ2v) is 6.57. The molecule has 1 saturated heterocycles. The largest absolute Gasteiger partial charge is 0.329 e. The van der Waals surface area contributed by atoms with Crippen molar-refractivity contribution in [3.05, 3.63) is 0 Å². The van der Waals surface area contributed by atoms with Gasteiger partial charge in [-0.25, -0.2) is 0 Å². The van der Waals surface area contributed by atoms with Crippen molar-refractivity contribution in [3.63, 3.8) is 0 Å². The van der Waals surface area contributed by atoms with Crippen molar-refractivity contribution < 1.29 is 0 Å². The van der Waals surface area contributed by atoms with E-state index < -0.39 is 0 Å². The van der Waals surface area contributed by atoms with E-state index in [-0.39, 0.29) is 0 Å². The van der Waals surface area contributed by atoms with Crippen molar-refractivity contribution in [1.82, 2.24) is 4.90 Å². The summed E-state index contributed by atoms with van der Waals surface area (Å²) in [7, 11) is 0. The number of hydrogen-bond donors (Lipinski definition) is 1. The van der Waals surface area contributed by atoms with Crippen molar-refractivity contribution in [2.45, 2.75) is 43.9 Å². The molecule has 2 rings (SSSR count). The van der Waals surface area contributed by atoms with Crippen LogP contribution in [0.1, 0.15) is 32.6 Å². The maximum atomic E-state index is 5.98. The minimum Gasteiger partial charge on any atom is -0.329 e. The van der Waals surface area contributed by atoms with Gasteiger partial charge in [-0.1, -0.05) is 19.8 Å². The molecule has 2 aliphatic rings. The molecule has 1 saturated carbocycles. The SMILES string of the molecule is CC1CN(C(CN)C2CCCC2)CCS1. The summed E-state index contributed by atoms with van der Waals surface area (Å²) in [6.07, 6.45) is 5.69. The molecule has 88 valence electrons. The molecule has 1 aliphatic heterocycles. The molecule has 0 radical (unpaired) electrons. The van der Waals surface area contributed by atoms with Gasteiger partial charge >= 0.3 is 0 Å². The van der Waals surface area contributed by atoms with Gasteiger partial charge in [0, 0.05) is 36.7 Å². The standard InChI is InChI=1S/C12H24N2S/c1-10-9-14(6-7-15-10)12(8-13)11-4-2-3-5-11/h10-12H,2-9,13H2,1H3. The fraction of sp³-hybridized carbons (Fsp3) is 1.00. The van der Waals surface area contributed by atoms with Crippen LogP contribution in [0.4, 0.5) is 0 Å². The quantitative estimate of drug-likeness (QED) is 0.800. The summed E-state index contributed by atoms with van der Waals surface area (Å²) in [6, 6.07) is 0.677. The van der Waals surface area contributed by atoms with Crippen LogP contribution in [0.5, 0.6) is 0 Å². The molecule has 3 heteroatoms. The number of hydrogen-bond acceptors (Lipinski definition) is 3. The molecule has 0 aromatic heterocycles. The highest BCUT2D eigenvalue weighted by Gasteiger charge is 2.30. The predicted molar refractivity (Wildman–Crippen MR) is 68.3 cm³/mol. The minimum atomic E-state index is 0.677. The second kappa shape index (κ2) is 5.55. The van der Waals surface area contributed by atoms with E-state index in [0.29, 0.717) is 6.04 Å². The van der Waals surface area contributed by atoms with E-state index in [4.69, 9.17) is 5.73 Å². The molecule has 2 N–H and O–H groups in total. The Morgan fingerprint density at radius 3 is 2.73 bits per heavy atom. The lowest BCUT2D eigenvalue weighted by atomic mass is 9.96. The van der Waals surface area contributed by atoms with E-state index in [0.717, 1.165) is 17.7 Å². The molecule has 2 nitrogen and oxygen atoms in total. The average Bonchev–Trinajstić information content (AvgIpc) is 2.72. The first-order chi connectivity index (χ1) is 7.31. The van der Waals surface area contributed by atoms with Gasteiger partial charge in [0.1, 0.15) is 0 Å². The molecule has 0 aromatic carbocycles. The third-order valence-electron chi connectivity index (χ3n) is 3.93. The lowest BCUT2D eigenvalue weighted by Gasteiger charge is -2.39. The maximum absolute atomic E-state index is 5.98. The van der Waals surface area contributed by atoms with E-state index in [1.807, 2.05) is 0 Å². The van der Waals surface area contributed by atoms with Crippen molar-refractivity contribution in [1.29, 1.82) is 0 Å². The molecule has 2 fully saturated rings. The number of rotatable bonds is 3. The Labute approximate surface area is 98.0 Å². The Balaban J connectivity index is 1.92. The molecule has 0 spiro atoms. The van der Waals surface area contributed by atoms with Gasteiger partial charge < -0.3 is 5.73 Å². The van der Waals surface area contributed by atoms with Crippen molar-refractivity contribution in [3.8, 4) is 0 Å². The number of nitrogens with zero attached hydrogens (tertiary/aromatic N) is 1. The molecular formula is C12H24N2S. The van der Waals surface area contributed by atoms with E-state index in [2.05, 4.69) is 23.6 Å². The van der Waals surface area contributed by atoms with Gasteiger partial charge in [-0.15, -0.1) is 0 Å². The molecule has 0 aromatic rings. The summed E-state index contributed by atoms with van der Waals surface area (Å²) in [5.41, 5.74) is 5.98. The first-order valence-corrected chi connectivity index (χ1v) is 7.42. The zero-order valence-electron chi connectivity index (χ0n) is 9.82. The van der Waals surface area contributed by atoms with Crippen LogP contribution >= 0.6 is 11.8 Å². The van der Waals surface area contributed by atoms with Crippen LogP contribution in [0.15, 0.2) is 0 Å². The van der Waals surface area contributed by atoms with Gasteiger partial charge in [-0.2, -0.15) is 11.8 Å². The van der Waals surface area contributed by atoms with Crippen LogP contribution in [0.2, 0.25) is 0 Å². The van der Waals surface area contributed by atoms with Crippen molar-refractivity contribution in [2.75, 3.05) is 25.4 Å². The third-order valence-corrected chi connectivity index (χ3v) is 5.06. The zero-order valence-corrected chi connectivity index (χ0v) is 10.6. The van der Waals surface area contributed by atoms with Gasteiger partial charge in [-0.05, 0) is 18.8 Å². The van der Waals surface area contributed by atoms with Crippen molar-refractivity contribution in [2.24, 2.45) is 11.7 Å². The van der Waals surface area contributed by atoms with Gasteiger partial charge in [0.05, 0.1) is 0 Å². The summed E-state index contributed by atoms with van der Waals surface area (Å²) in [5, 5.41) is 0.800. The first kappa shape index (κ1) is 11.7. The Bertz CT molecular complexity index is 192. The normalized spacial score (nSPS) is 32.0. The summed E-state index contributed by atoms with van der Waals surface area (Å²) >= 11 is 2.11. The van der Waals surface area contributed by atoms with Crippen molar-refractivity contribution >= 4 is 11.8 Å². The van der Waals surface area contributed by atoms with Crippen LogP contribution in [0.3, 0.4) is 0 Å². The molecule has 0 bridgehead atoms. The lowest BCUT2D eigenvalue weighted by molar-refractivity contribution is 0.153. The monoisotopic (exact) mass is 228 g/mol. The van der Waals surface area contributed by atoms with Crippen LogP contribution in [0, 0.1) is 5.92 Å². The summed E-state index contributed by atoms with van der Waals surface area (Å²) in [5.74, 6) is 2.19. The van der Waals surface area contributed by atoms with E-state index in [9.17, 15) is 0 Å². The Hall–Kier alpha value is 0.270. The first-order valence-electron chi connectivity index (χ1n) is 6.37. The van der Waals surface area contributed by atoms with Gasteiger partial charge in [0.25, 0.3) is 0 Å². The third kappa shape index (κ3) is 2.89. The number of thioether (sulfide) groups is 1. The molecule has 2 atom stereocenters. The smallest absolute Gasteiger partial charge is 0.0247 e. The predicted octanol–water partition coefficient (Wildman–Crippen LogP) is 1.94.